The Bertz CT molecular complexity index is 274. The molecule has 0 radical (unpaired) electrons. The molecule has 2 unspecified atom stereocenters. The summed E-state index contributed by atoms with van der Waals surface area (Å²) in [5.41, 5.74) is 6.07. The maximum absolute atomic E-state index is 6.07. The number of hydrogen-bond acceptors (Lipinski definition) is 3. The van der Waals surface area contributed by atoms with E-state index >= 15 is 0 Å². The summed E-state index contributed by atoms with van der Waals surface area (Å²) in [6, 6.07) is 1.95. The van der Waals surface area contributed by atoms with Crippen LogP contribution in [-0.2, 0) is 4.74 Å². The van der Waals surface area contributed by atoms with Crippen LogP contribution in [-0.4, -0.2) is 42.3 Å². The molecule has 2 N–H and O–H groups in total. The van der Waals surface area contributed by atoms with Crippen LogP contribution in [0.1, 0.15) is 65.7 Å². The summed E-state index contributed by atoms with van der Waals surface area (Å²) in [7, 11) is 0. The van der Waals surface area contributed by atoms with Gasteiger partial charge in [0.1, 0.15) is 0 Å². The van der Waals surface area contributed by atoms with Gasteiger partial charge in [-0.25, -0.2) is 0 Å². The van der Waals surface area contributed by atoms with E-state index in [1.165, 1.54) is 51.5 Å². The smallest absolute Gasteiger partial charge is 0.0612 e. The summed E-state index contributed by atoms with van der Waals surface area (Å²) >= 11 is 0. The van der Waals surface area contributed by atoms with E-state index in [1.54, 1.807) is 0 Å². The van der Waals surface area contributed by atoms with Crippen LogP contribution in [0.25, 0.3) is 0 Å². The molecule has 0 aromatic heterocycles. The van der Waals surface area contributed by atoms with Crippen LogP contribution in [0, 0.1) is 5.92 Å². The summed E-state index contributed by atoms with van der Waals surface area (Å²) in [4.78, 5) is 2.81. The largest absolute Gasteiger partial charge is 0.378 e. The molecule has 2 aliphatic rings. The maximum Gasteiger partial charge on any atom is 0.0612 e. The topological polar surface area (TPSA) is 38.5 Å². The van der Waals surface area contributed by atoms with E-state index in [0.717, 1.165) is 18.7 Å². The summed E-state index contributed by atoms with van der Waals surface area (Å²) in [5, 5.41) is 0. The minimum absolute atomic E-state index is 0.452. The van der Waals surface area contributed by atoms with Gasteiger partial charge in [-0.05, 0) is 57.4 Å². The van der Waals surface area contributed by atoms with Crippen molar-refractivity contribution >= 4 is 0 Å². The molecule has 0 aromatic rings. The van der Waals surface area contributed by atoms with E-state index < -0.39 is 0 Å². The highest BCUT2D eigenvalue weighted by molar-refractivity contribution is 4.88. The van der Waals surface area contributed by atoms with Gasteiger partial charge in [-0.15, -0.1) is 0 Å². The Morgan fingerprint density at radius 1 is 1.10 bits per heavy atom. The Morgan fingerprint density at radius 2 is 1.80 bits per heavy atom. The van der Waals surface area contributed by atoms with Gasteiger partial charge in [0.2, 0.25) is 0 Å². The lowest BCUT2D eigenvalue weighted by molar-refractivity contribution is -0.0595. The first-order valence-electron chi connectivity index (χ1n) is 8.74. The Hall–Kier alpha value is -0.120. The molecule has 2 atom stereocenters. The Balaban J connectivity index is 1.96. The molecule has 0 aromatic carbocycles. The molecule has 118 valence electrons. The highest BCUT2D eigenvalue weighted by atomic mass is 16.5. The van der Waals surface area contributed by atoms with Crippen molar-refractivity contribution in [3.8, 4) is 0 Å². The molecule has 0 spiro atoms. The van der Waals surface area contributed by atoms with Crippen molar-refractivity contribution in [2.24, 2.45) is 11.7 Å². The lowest BCUT2D eigenvalue weighted by Crippen LogP contribution is -2.50. The van der Waals surface area contributed by atoms with Gasteiger partial charge >= 0.3 is 0 Å². The fraction of sp³-hybridized carbons (Fsp3) is 1.00. The van der Waals surface area contributed by atoms with Gasteiger partial charge in [0, 0.05) is 24.7 Å². The molecular weight excluding hydrogens is 248 g/mol. The zero-order valence-corrected chi connectivity index (χ0v) is 13.7. The van der Waals surface area contributed by atoms with E-state index in [2.05, 4.69) is 25.7 Å². The van der Waals surface area contributed by atoms with Crippen LogP contribution in [0.3, 0.4) is 0 Å². The normalized spacial score (nSPS) is 35.7. The number of nitrogens with two attached hydrogens (primary N) is 1. The summed E-state index contributed by atoms with van der Waals surface area (Å²) in [6.45, 7) is 9.07. The van der Waals surface area contributed by atoms with Crippen LogP contribution in [0.5, 0.6) is 0 Å². The van der Waals surface area contributed by atoms with Crippen LogP contribution in [0.4, 0.5) is 0 Å². The van der Waals surface area contributed by atoms with Crippen molar-refractivity contribution in [1.29, 1.82) is 0 Å². The summed E-state index contributed by atoms with van der Waals surface area (Å²) in [6.07, 6.45) is 9.16. The molecule has 1 aliphatic heterocycles. The second-order valence-electron chi connectivity index (χ2n) is 7.14. The molecule has 3 nitrogen and oxygen atoms in total. The van der Waals surface area contributed by atoms with Crippen molar-refractivity contribution in [2.75, 3.05) is 13.2 Å². The average molecular weight is 282 g/mol. The fourth-order valence-electron chi connectivity index (χ4n) is 3.93. The first kappa shape index (κ1) is 16.3. The monoisotopic (exact) mass is 282 g/mol. The first-order valence-corrected chi connectivity index (χ1v) is 8.74. The lowest BCUT2D eigenvalue weighted by Gasteiger charge is -2.44. The zero-order chi connectivity index (χ0) is 14.5. The third kappa shape index (κ3) is 4.19. The zero-order valence-electron chi connectivity index (χ0n) is 13.7. The second kappa shape index (κ2) is 7.77. The number of ether oxygens (including phenoxy) is 1. The van der Waals surface area contributed by atoms with Gasteiger partial charge in [-0.2, -0.15) is 0 Å². The predicted molar refractivity (Wildman–Crippen MR) is 84.8 cm³/mol. The van der Waals surface area contributed by atoms with E-state index in [4.69, 9.17) is 10.5 Å². The minimum atomic E-state index is 0.452. The highest BCUT2D eigenvalue weighted by Crippen LogP contribution is 2.30. The van der Waals surface area contributed by atoms with Gasteiger partial charge in [0.05, 0.1) is 6.10 Å². The Morgan fingerprint density at radius 3 is 2.40 bits per heavy atom. The van der Waals surface area contributed by atoms with Crippen LogP contribution < -0.4 is 5.73 Å². The van der Waals surface area contributed by atoms with Gasteiger partial charge in [-0.3, -0.25) is 4.90 Å². The van der Waals surface area contributed by atoms with Crippen LogP contribution in [0.2, 0.25) is 0 Å². The summed E-state index contributed by atoms with van der Waals surface area (Å²) in [5.74, 6) is 0.640. The SMILES string of the molecule is CCCN(C1CCC(N)CC1)C1CCOC(C(C)C)C1. The second-order valence-corrected chi connectivity index (χ2v) is 7.14. The van der Waals surface area contributed by atoms with Gasteiger partial charge in [0.25, 0.3) is 0 Å². The molecule has 1 saturated heterocycles. The summed E-state index contributed by atoms with van der Waals surface area (Å²) < 4.78 is 5.96. The molecule has 0 amide bonds. The third-order valence-corrected chi connectivity index (χ3v) is 5.19. The Labute approximate surface area is 125 Å². The van der Waals surface area contributed by atoms with Crippen molar-refractivity contribution in [3.05, 3.63) is 0 Å². The van der Waals surface area contributed by atoms with Crippen molar-refractivity contribution in [1.82, 2.24) is 4.90 Å². The van der Waals surface area contributed by atoms with E-state index in [-0.39, 0.29) is 0 Å². The standard InChI is InChI=1S/C17H34N2O/c1-4-10-19(15-7-5-14(18)6-8-15)16-9-11-20-17(12-16)13(2)3/h13-17H,4-12,18H2,1-3H3. The van der Waals surface area contributed by atoms with Gasteiger partial charge < -0.3 is 10.5 Å². The third-order valence-electron chi connectivity index (χ3n) is 5.19. The molecule has 2 rings (SSSR count). The molecule has 20 heavy (non-hydrogen) atoms. The number of rotatable bonds is 5. The quantitative estimate of drug-likeness (QED) is 0.841. The average Bonchev–Trinajstić information content (AvgIpc) is 2.46. The van der Waals surface area contributed by atoms with E-state index in [9.17, 15) is 0 Å². The van der Waals surface area contributed by atoms with E-state index in [1.807, 2.05) is 0 Å². The first-order chi connectivity index (χ1) is 9.61. The molecule has 1 heterocycles. The number of hydrogen-bond donors (Lipinski definition) is 1. The molecule has 0 bridgehead atoms. The maximum atomic E-state index is 6.07. The van der Waals surface area contributed by atoms with E-state index in [0.29, 0.717) is 18.1 Å². The van der Waals surface area contributed by atoms with Crippen molar-refractivity contribution < 1.29 is 4.74 Å². The van der Waals surface area contributed by atoms with Gasteiger partial charge in [-0.1, -0.05) is 20.8 Å². The van der Waals surface area contributed by atoms with Crippen LogP contribution in [0.15, 0.2) is 0 Å². The predicted octanol–water partition coefficient (Wildman–Crippen LogP) is 3.17. The van der Waals surface area contributed by atoms with Crippen molar-refractivity contribution in [2.45, 2.75) is 89.9 Å². The fourth-order valence-corrected chi connectivity index (χ4v) is 3.93. The number of nitrogens with zero attached hydrogens (tertiary/aromatic N) is 1. The lowest BCUT2D eigenvalue weighted by atomic mass is 9.87. The van der Waals surface area contributed by atoms with Crippen molar-refractivity contribution in [3.63, 3.8) is 0 Å². The van der Waals surface area contributed by atoms with Gasteiger partial charge in [0.15, 0.2) is 0 Å². The highest BCUT2D eigenvalue weighted by Gasteiger charge is 2.33. The molecule has 1 saturated carbocycles. The minimum Gasteiger partial charge on any atom is -0.378 e. The van der Waals surface area contributed by atoms with Crippen LogP contribution >= 0.6 is 0 Å². The molecule has 2 fully saturated rings. The Kier molecular flexibility index (Phi) is 6.31. The molecule has 3 heteroatoms. The molecular formula is C17H34N2O. The molecule has 1 aliphatic carbocycles.